The minimum atomic E-state index is -4.47. The van der Waals surface area contributed by atoms with Crippen LogP contribution in [0, 0.1) is 0 Å². The lowest BCUT2D eigenvalue weighted by atomic mass is 10.0. The number of thiophene rings is 1. The number of rotatable bonds is 7. The summed E-state index contributed by atoms with van der Waals surface area (Å²) in [4.78, 5) is 34.2. The third kappa shape index (κ3) is 6.48. The Morgan fingerprint density at radius 1 is 1.14 bits per heavy atom. The maximum absolute atomic E-state index is 13.0. The molecule has 3 aromatic rings. The van der Waals surface area contributed by atoms with Crippen LogP contribution < -0.4 is 10.6 Å². The van der Waals surface area contributed by atoms with E-state index < -0.39 is 17.6 Å². The molecule has 0 saturated heterocycles. The van der Waals surface area contributed by atoms with Gasteiger partial charge in [-0.2, -0.15) is 13.2 Å². The number of pyridine rings is 1. The Hall–Kier alpha value is -3.28. The molecule has 36 heavy (non-hydrogen) atoms. The summed E-state index contributed by atoms with van der Waals surface area (Å²) in [6, 6.07) is 6.53. The Morgan fingerprint density at radius 3 is 2.69 bits per heavy atom. The second-order valence-corrected chi connectivity index (χ2v) is 9.88. The molecule has 0 atom stereocenters. The summed E-state index contributed by atoms with van der Waals surface area (Å²) in [5.74, 6) is -0.526. The third-order valence-electron chi connectivity index (χ3n) is 5.66. The normalized spacial score (nSPS) is 13.9. The first kappa shape index (κ1) is 25.8. The van der Waals surface area contributed by atoms with Crippen LogP contribution in [0.25, 0.3) is 0 Å². The van der Waals surface area contributed by atoms with Gasteiger partial charge in [0.15, 0.2) is 0 Å². The number of carbonyl (C=O) groups is 2. The molecule has 0 aliphatic carbocycles. The zero-order chi connectivity index (χ0) is 25.9. The van der Waals surface area contributed by atoms with Crippen molar-refractivity contribution in [3.8, 4) is 0 Å². The van der Waals surface area contributed by atoms with E-state index in [1.165, 1.54) is 23.5 Å². The number of hydrogen-bond donors (Lipinski definition) is 2. The standard InChI is InChI=1S/C25H26F3N5O2S/c1-32(2)14-23(34)30-19-8-16(10-29-11-19)12-33-7-6-20-21(15-36-22(20)13-33)24(35)31-18-5-3-4-17(9-18)25(26,27)28/h3-5,8-11,15H,6-7,12-14H2,1-2H3,(H,30,34)(H,31,35). The van der Waals surface area contributed by atoms with Crippen LogP contribution in [0.15, 0.2) is 48.1 Å². The fraction of sp³-hybridized carbons (Fsp3) is 0.320. The van der Waals surface area contributed by atoms with Crippen LogP contribution in [0.1, 0.15) is 31.9 Å². The van der Waals surface area contributed by atoms with Gasteiger partial charge in [0.1, 0.15) is 0 Å². The lowest BCUT2D eigenvalue weighted by Crippen LogP contribution is -2.30. The SMILES string of the molecule is CN(C)CC(=O)Nc1cncc(CN2CCc3c(C(=O)Nc4cccc(C(F)(F)F)c4)csc3C2)c1. The number of anilines is 2. The van der Waals surface area contributed by atoms with E-state index in [1.807, 2.05) is 20.2 Å². The zero-order valence-electron chi connectivity index (χ0n) is 19.9. The monoisotopic (exact) mass is 517 g/mol. The van der Waals surface area contributed by atoms with Crippen molar-refractivity contribution < 1.29 is 22.8 Å². The number of fused-ring (bicyclic) bond motifs is 1. The molecular formula is C25H26F3N5O2S. The van der Waals surface area contributed by atoms with E-state index in [9.17, 15) is 22.8 Å². The Kier molecular flexibility index (Phi) is 7.72. The van der Waals surface area contributed by atoms with E-state index in [1.54, 1.807) is 22.7 Å². The Bertz CT molecular complexity index is 1260. The number of halogens is 3. The second-order valence-electron chi connectivity index (χ2n) is 8.91. The highest BCUT2D eigenvalue weighted by atomic mass is 32.1. The van der Waals surface area contributed by atoms with Gasteiger partial charge in [-0.25, -0.2) is 0 Å². The van der Waals surface area contributed by atoms with Gasteiger partial charge in [-0.3, -0.25) is 19.5 Å². The predicted octanol–water partition coefficient (Wildman–Crippen LogP) is 4.47. The van der Waals surface area contributed by atoms with Gasteiger partial charge in [0, 0.05) is 41.8 Å². The van der Waals surface area contributed by atoms with Crippen molar-refractivity contribution in [2.45, 2.75) is 25.7 Å². The summed E-state index contributed by atoms with van der Waals surface area (Å²) in [6.45, 7) is 2.27. The minimum absolute atomic E-state index is 0.109. The van der Waals surface area contributed by atoms with E-state index in [0.29, 0.717) is 37.3 Å². The molecule has 0 unspecified atom stereocenters. The maximum atomic E-state index is 13.0. The molecule has 0 fully saturated rings. The molecule has 1 aliphatic rings. The van der Waals surface area contributed by atoms with Gasteiger partial charge in [0.2, 0.25) is 5.91 Å². The molecule has 1 aromatic carbocycles. The predicted molar refractivity (Wildman–Crippen MR) is 133 cm³/mol. The average molecular weight is 518 g/mol. The fourth-order valence-corrected chi connectivity index (χ4v) is 5.19. The molecule has 190 valence electrons. The molecule has 2 amide bonds. The van der Waals surface area contributed by atoms with E-state index >= 15 is 0 Å². The molecule has 0 radical (unpaired) electrons. The molecule has 1 aliphatic heterocycles. The molecular weight excluding hydrogens is 491 g/mol. The maximum Gasteiger partial charge on any atom is 0.416 e. The van der Waals surface area contributed by atoms with Crippen molar-refractivity contribution in [1.29, 1.82) is 0 Å². The van der Waals surface area contributed by atoms with E-state index in [-0.39, 0.29) is 18.1 Å². The second kappa shape index (κ2) is 10.8. The van der Waals surface area contributed by atoms with Gasteiger partial charge < -0.3 is 15.5 Å². The van der Waals surface area contributed by atoms with Gasteiger partial charge in [-0.1, -0.05) is 6.07 Å². The minimum Gasteiger partial charge on any atom is -0.324 e. The van der Waals surface area contributed by atoms with Crippen LogP contribution in [0.3, 0.4) is 0 Å². The van der Waals surface area contributed by atoms with Crippen LogP contribution in [0.4, 0.5) is 24.5 Å². The van der Waals surface area contributed by atoms with Gasteiger partial charge in [0.05, 0.1) is 29.6 Å². The number of nitrogens with zero attached hydrogens (tertiary/aromatic N) is 3. The van der Waals surface area contributed by atoms with Gasteiger partial charge >= 0.3 is 6.18 Å². The number of amides is 2. The third-order valence-corrected chi connectivity index (χ3v) is 6.68. The Morgan fingerprint density at radius 2 is 1.94 bits per heavy atom. The summed E-state index contributed by atoms with van der Waals surface area (Å²) in [5, 5.41) is 7.21. The Balaban J connectivity index is 1.39. The number of carbonyl (C=O) groups excluding carboxylic acids is 2. The summed E-state index contributed by atoms with van der Waals surface area (Å²) in [6.07, 6.45) is -0.450. The zero-order valence-corrected chi connectivity index (χ0v) is 20.7. The lowest BCUT2D eigenvalue weighted by Gasteiger charge is -2.27. The molecule has 0 spiro atoms. The number of hydrogen-bond acceptors (Lipinski definition) is 6. The van der Waals surface area contributed by atoms with Crippen LogP contribution >= 0.6 is 11.3 Å². The van der Waals surface area contributed by atoms with Crippen LogP contribution in [0.2, 0.25) is 0 Å². The van der Waals surface area contributed by atoms with Crippen LogP contribution in [0.5, 0.6) is 0 Å². The molecule has 2 N–H and O–H groups in total. The van der Waals surface area contributed by atoms with Crippen molar-refractivity contribution in [3.63, 3.8) is 0 Å². The highest BCUT2D eigenvalue weighted by Gasteiger charge is 2.31. The van der Waals surface area contributed by atoms with Crippen molar-refractivity contribution in [1.82, 2.24) is 14.8 Å². The van der Waals surface area contributed by atoms with Crippen molar-refractivity contribution in [3.05, 3.63) is 75.2 Å². The van der Waals surface area contributed by atoms with E-state index in [2.05, 4.69) is 20.5 Å². The highest BCUT2D eigenvalue weighted by Crippen LogP contribution is 2.32. The van der Waals surface area contributed by atoms with E-state index in [0.717, 1.165) is 28.1 Å². The van der Waals surface area contributed by atoms with Gasteiger partial charge in [0.25, 0.3) is 5.91 Å². The largest absolute Gasteiger partial charge is 0.416 e. The van der Waals surface area contributed by atoms with Crippen molar-refractivity contribution in [2.24, 2.45) is 0 Å². The molecule has 11 heteroatoms. The van der Waals surface area contributed by atoms with Crippen LogP contribution in [-0.4, -0.2) is 53.8 Å². The molecule has 0 bridgehead atoms. The molecule has 0 saturated carbocycles. The number of nitrogens with one attached hydrogen (secondary N) is 2. The fourth-order valence-electron chi connectivity index (χ4n) is 4.07. The van der Waals surface area contributed by atoms with Crippen molar-refractivity contribution in [2.75, 3.05) is 37.8 Å². The quantitative estimate of drug-likeness (QED) is 0.484. The number of likely N-dealkylation sites (N-methyl/N-ethyl adjacent to an activating group) is 1. The molecule has 4 rings (SSSR count). The molecule has 2 aromatic heterocycles. The first-order valence-electron chi connectivity index (χ1n) is 11.3. The summed E-state index contributed by atoms with van der Waals surface area (Å²) >= 11 is 1.47. The Labute approximate surface area is 210 Å². The first-order chi connectivity index (χ1) is 17.1. The van der Waals surface area contributed by atoms with E-state index in [4.69, 9.17) is 0 Å². The number of benzene rings is 1. The topological polar surface area (TPSA) is 77.6 Å². The summed E-state index contributed by atoms with van der Waals surface area (Å²) in [7, 11) is 3.65. The smallest absolute Gasteiger partial charge is 0.324 e. The summed E-state index contributed by atoms with van der Waals surface area (Å²) < 4.78 is 38.9. The highest BCUT2D eigenvalue weighted by molar-refractivity contribution is 7.10. The molecule has 3 heterocycles. The number of aromatic nitrogens is 1. The van der Waals surface area contributed by atoms with Crippen molar-refractivity contribution >= 4 is 34.5 Å². The number of alkyl halides is 3. The summed E-state index contributed by atoms with van der Waals surface area (Å²) in [5.41, 5.74) is 2.33. The lowest BCUT2D eigenvalue weighted by molar-refractivity contribution is -0.137. The first-order valence-corrected chi connectivity index (χ1v) is 12.1. The van der Waals surface area contributed by atoms with Gasteiger partial charge in [-0.15, -0.1) is 11.3 Å². The molecule has 7 nitrogen and oxygen atoms in total. The van der Waals surface area contributed by atoms with Gasteiger partial charge in [-0.05, 0) is 55.9 Å². The van der Waals surface area contributed by atoms with Crippen LogP contribution in [-0.2, 0) is 30.5 Å². The average Bonchev–Trinajstić information content (AvgIpc) is 3.22.